The fraction of sp³-hybridized carbons (Fsp3) is 0.333. The third kappa shape index (κ3) is 1.93. The zero-order valence-electron chi connectivity index (χ0n) is 7.70. The van der Waals surface area contributed by atoms with Gasteiger partial charge in [-0.2, -0.15) is 4.98 Å². The van der Waals surface area contributed by atoms with E-state index in [9.17, 15) is 0 Å². The predicted octanol–water partition coefficient (Wildman–Crippen LogP) is 1.87. The number of nitrogens with two attached hydrogens (primary N) is 1. The molecule has 2 aromatic heterocycles. The van der Waals surface area contributed by atoms with Crippen LogP contribution in [0.25, 0.3) is 11.2 Å². The molecular formula is C9H10BrN3O. The van der Waals surface area contributed by atoms with Crippen LogP contribution in [0.1, 0.15) is 12.8 Å². The number of pyridine rings is 1. The molecule has 1 unspecified atom stereocenters. The van der Waals surface area contributed by atoms with Crippen molar-refractivity contribution >= 4 is 27.2 Å². The van der Waals surface area contributed by atoms with E-state index in [2.05, 4.69) is 25.9 Å². The number of nitrogens with zero attached hydrogens (tertiary/aromatic N) is 2. The summed E-state index contributed by atoms with van der Waals surface area (Å²) in [6.45, 7) is 1.91. The van der Waals surface area contributed by atoms with Crippen LogP contribution in [0.2, 0.25) is 0 Å². The third-order valence-electron chi connectivity index (χ3n) is 1.75. The first-order valence-corrected chi connectivity index (χ1v) is 5.11. The molecule has 0 aromatic carbocycles. The number of oxazole rings is 1. The Morgan fingerprint density at radius 3 is 3.14 bits per heavy atom. The molecule has 0 bridgehead atoms. The molecule has 0 aliphatic carbocycles. The Kier molecular flexibility index (Phi) is 2.52. The van der Waals surface area contributed by atoms with Crippen LogP contribution < -0.4 is 5.73 Å². The normalized spacial score (nSPS) is 13.4. The quantitative estimate of drug-likeness (QED) is 0.890. The first-order valence-electron chi connectivity index (χ1n) is 4.31. The molecule has 0 aliphatic rings. The van der Waals surface area contributed by atoms with Crippen LogP contribution in [-0.2, 0) is 6.42 Å². The highest BCUT2D eigenvalue weighted by Gasteiger charge is 2.08. The van der Waals surface area contributed by atoms with Crippen LogP contribution in [-0.4, -0.2) is 16.0 Å². The molecule has 0 spiro atoms. The maximum Gasteiger partial charge on any atom is 0.198 e. The average molecular weight is 256 g/mol. The minimum atomic E-state index is 0.0477. The molecule has 0 saturated carbocycles. The highest BCUT2D eigenvalue weighted by molar-refractivity contribution is 9.10. The predicted molar refractivity (Wildman–Crippen MR) is 56.9 cm³/mol. The van der Waals surface area contributed by atoms with Crippen molar-refractivity contribution in [1.82, 2.24) is 9.97 Å². The molecule has 2 rings (SSSR count). The SMILES string of the molecule is CC(N)Cc1nc2ncc(Br)cc2o1. The minimum Gasteiger partial charge on any atom is -0.439 e. The summed E-state index contributed by atoms with van der Waals surface area (Å²) in [7, 11) is 0. The van der Waals surface area contributed by atoms with Crippen molar-refractivity contribution in [3.8, 4) is 0 Å². The first-order chi connectivity index (χ1) is 6.65. The Balaban J connectivity index is 2.41. The summed E-state index contributed by atoms with van der Waals surface area (Å²) in [5.41, 5.74) is 6.96. The fourth-order valence-electron chi connectivity index (χ4n) is 1.20. The minimum absolute atomic E-state index is 0.0477. The van der Waals surface area contributed by atoms with Crippen LogP contribution in [0.15, 0.2) is 21.2 Å². The van der Waals surface area contributed by atoms with Crippen molar-refractivity contribution < 1.29 is 4.42 Å². The number of hydrogen-bond donors (Lipinski definition) is 1. The number of hydrogen-bond acceptors (Lipinski definition) is 4. The molecule has 5 heteroatoms. The number of aromatic nitrogens is 2. The van der Waals surface area contributed by atoms with Crippen molar-refractivity contribution in [2.75, 3.05) is 0 Å². The second kappa shape index (κ2) is 3.67. The molecule has 14 heavy (non-hydrogen) atoms. The Morgan fingerprint density at radius 1 is 1.64 bits per heavy atom. The van der Waals surface area contributed by atoms with Gasteiger partial charge < -0.3 is 10.2 Å². The Hall–Kier alpha value is -0.940. The number of rotatable bonds is 2. The van der Waals surface area contributed by atoms with Gasteiger partial charge in [-0.15, -0.1) is 0 Å². The van der Waals surface area contributed by atoms with Crippen molar-refractivity contribution in [3.63, 3.8) is 0 Å². The number of halogens is 1. The highest BCUT2D eigenvalue weighted by atomic mass is 79.9. The molecular weight excluding hydrogens is 246 g/mol. The first kappa shape index (κ1) is 9.61. The summed E-state index contributed by atoms with van der Waals surface area (Å²) >= 11 is 3.32. The van der Waals surface area contributed by atoms with Gasteiger partial charge in [-0.1, -0.05) is 0 Å². The van der Waals surface area contributed by atoms with E-state index in [0.717, 1.165) is 4.47 Å². The topological polar surface area (TPSA) is 64.9 Å². The van der Waals surface area contributed by atoms with Gasteiger partial charge in [-0.3, -0.25) is 0 Å². The summed E-state index contributed by atoms with van der Waals surface area (Å²) in [5.74, 6) is 0.639. The van der Waals surface area contributed by atoms with Gasteiger partial charge in [-0.05, 0) is 22.9 Å². The van der Waals surface area contributed by atoms with E-state index in [-0.39, 0.29) is 6.04 Å². The van der Waals surface area contributed by atoms with Crippen molar-refractivity contribution in [2.45, 2.75) is 19.4 Å². The summed E-state index contributed by atoms with van der Waals surface area (Å²) in [6.07, 6.45) is 2.33. The lowest BCUT2D eigenvalue weighted by molar-refractivity contribution is 0.506. The third-order valence-corrected chi connectivity index (χ3v) is 2.19. The summed E-state index contributed by atoms with van der Waals surface area (Å²) in [4.78, 5) is 8.33. The van der Waals surface area contributed by atoms with Gasteiger partial charge in [0.05, 0.1) is 0 Å². The van der Waals surface area contributed by atoms with Crippen LogP contribution >= 0.6 is 15.9 Å². The molecule has 1 atom stereocenters. The average Bonchev–Trinajstić information content (AvgIpc) is 2.44. The van der Waals surface area contributed by atoms with Gasteiger partial charge in [0, 0.05) is 29.2 Å². The maximum absolute atomic E-state index is 5.65. The fourth-order valence-corrected chi connectivity index (χ4v) is 1.51. The van der Waals surface area contributed by atoms with Gasteiger partial charge in [-0.25, -0.2) is 4.98 Å². The van der Waals surface area contributed by atoms with E-state index in [0.29, 0.717) is 23.5 Å². The smallest absolute Gasteiger partial charge is 0.198 e. The van der Waals surface area contributed by atoms with Crippen LogP contribution in [0.3, 0.4) is 0 Å². The Labute approximate surface area is 89.6 Å². The van der Waals surface area contributed by atoms with E-state index in [4.69, 9.17) is 10.2 Å². The molecule has 0 aliphatic heterocycles. The van der Waals surface area contributed by atoms with E-state index in [1.165, 1.54) is 0 Å². The van der Waals surface area contributed by atoms with Gasteiger partial charge in [0.1, 0.15) is 0 Å². The molecule has 4 nitrogen and oxygen atoms in total. The monoisotopic (exact) mass is 255 g/mol. The lowest BCUT2D eigenvalue weighted by Crippen LogP contribution is -2.17. The van der Waals surface area contributed by atoms with Crippen molar-refractivity contribution in [1.29, 1.82) is 0 Å². The molecule has 0 amide bonds. The zero-order valence-corrected chi connectivity index (χ0v) is 9.28. The van der Waals surface area contributed by atoms with Gasteiger partial charge in [0.2, 0.25) is 0 Å². The van der Waals surface area contributed by atoms with E-state index >= 15 is 0 Å². The van der Waals surface area contributed by atoms with Gasteiger partial charge >= 0.3 is 0 Å². The largest absolute Gasteiger partial charge is 0.439 e. The van der Waals surface area contributed by atoms with E-state index < -0.39 is 0 Å². The van der Waals surface area contributed by atoms with Gasteiger partial charge in [0.15, 0.2) is 17.1 Å². The van der Waals surface area contributed by atoms with Crippen LogP contribution in [0.5, 0.6) is 0 Å². The molecule has 0 radical (unpaired) electrons. The Bertz CT molecular complexity index is 452. The van der Waals surface area contributed by atoms with E-state index in [1.54, 1.807) is 6.20 Å². The highest BCUT2D eigenvalue weighted by Crippen LogP contribution is 2.18. The second-order valence-corrected chi connectivity index (χ2v) is 4.18. The summed E-state index contributed by atoms with van der Waals surface area (Å²) in [5, 5.41) is 0. The Morgan fingerprint density at radius 2 is 2.43 bits per heavy atom. The lowest BCUT2D eigenvalue weighted by atomic mass is 10.2. The molecule has 74 valence electrons. The van der Waals surface area contributed by atoms with Crippen molar-refractivity contribution in [2.24, 2.45) is 5.73 Å². The molecule has 0 fully saturated rings. The second-order valence-electron chi connectivity index (χ2n) is 3.26. The molecule has 2 N–H and O–H groups in total. The van der Waals surface area contributed by atoms with Gasteiger partial charge in [0.25, 0.3) is 0 Å². The number of fused-ring (bicyclic) bond motifs is 1. The molecule has 2 heterocycles. The van der Waals surface area contributed by atoms with Crippen LogP contribution in [0, 0.1) is 0 Å². The summed E-state index contributed by atoms with van der Waals surface area (Å²) in [6, 6.07) is 1.89. The zero-order chi connectivity index (χ0) is 10.1. The maximum atomic E-state index is 5.65. The van der Waals surface area contributed by atoms with E-state index in [1.807, 2.05) is 13.0 Å². The molecule has 2 aromatic rings. The van der Waals surface area contributed by atoms with Crippen molar-refractivity contribution in [3.05, 3.63) is 22.6 Å². The van der Waals surface area contributed by atoms with Crippen LogP contribution in [0.4, 0.5) is 0 Å². The molecule has 0 saturated heterocycles. The summed E-state index contributed by atoms with van der Waals surface area (Å²) < 4.78 is 6.36. The standard InChI is InChI=1S/C9H10BrN3O/c1-5(11)2-8-13-9-7(14-8)3-6(10)4-12-9/h3-5H,2,11H2,1H3. The lowest BCUT2D eigenvalue weighted by Gasteiger charge is -1.97.